The van der Waals surface area contributed by atoms with Gasteiger partial charge >= 0.3 is 0 Å². The Morgan fingerprint density at radius 2 is 2.08 bits per heavy atom. The van der Waals surface area contributed by atoms with Gasteiger partial charge in [-0.1, -0.05) is 12.1 Å². The molecule has 2 aromatic rings. The average molecular weight is 352 g/mol. The van der Waals surface area contributed by atoms with Gasteiger partial charge in [0.25, 0.3) is 5.88 Å². The fourth-order valence-electron chi connectivity index (χ4n) is 2.94. The molecule has 1 saturated heterocycles. The van der Waals surface area contributed by atoms with E-state index in [0.717, 1.165) is 24.2 Å². The van der Waals surface area contributed by atoms with Crippen molar-refractivity contribution < 1.29 is 14.3 Å². The number of hydrogen-bond donors (Lipinski definition) is 0. The summed E-state index contributed by atoms with van der Waals surface area (Å²) in [6.07, 6.45) is 4.76. The van der Waals surface area contributed by atoms with Gasteiger partial charge in [0.05, 0.1) is 20.1 Å². The van der Waals surface area contributed by atoms with E-state index in [9.17, 15) is 4.79 Å². The van der Waals surface area contributed by atoms with Gasteiger partial charge in [-0.05, 0) is 30.5 Å². The molecule has 2 heterocycles. The maximum Gasteiger partial charge on any atom is 0.251 e. The molecule has 1 fully saturated rings. The van der Waals surface area contributed by atoms with Crippen LogP contribution < -0.4 is 9.47 Å². The van der Waals surface area contributed by atoms with E-state index < -0.39 is 0 Å². The standard InChI is InChI=1S/C19H20N4O3/c1-25-15-6-4-14(5-7-15)11-18(24)23-10-2-3-16(13-23)26-19-17(12-20)21-8-9-22-19/h4-9,16H,2-3,10-11,13H2,1H3. The molecule has 3 rings (SSSR count). The van der Waals surface area contributed by atoms with Crippen molar-refractivity contribution >= 4 is 5.91 Å². The second kappa shape index (κ2) is 8.30. The van der Waals surface area contributed by atoms with E-state index in [-0.39, 0.29) is 23.6 Å². The molecule has 1 atom stereocenters. The van der Waals surface area contributed by atoms with Gasteiger partial charge in [0, 0.05) is 18.9 Å². The molecule has 1 aromatic carbocycles. The zero-order valence-electron chi connectivity index (χ0n) is 14.6. The summed E-state index contributed by atoms with van der Waals surface area (Å²) in [5.41, 5.74) is 1.11. The van der Waals surface area contributed by atoms with E-state index in [1.54, 1.807) is 12.0 Å². The lowest BCUT2D eigenvalue weighted by molar-refractivity contribution is -0.133. The Morgan fingerprint density at radius 1 is 1.31 bits per heavy atom. The van der Waals surface area contributed by atoms with Crippen LogP contribution in [0.1, 0.15) is 24.1 Å². The number of amides is 1. The van der Waals surface area contributed by atoms with Gasteiger partial charge in [-0.25, -0.2) is 9.97 Å². The lowest BCUT2D eigenvalue weighted by Crippen LogP contribution is -2.45. The van der Waals surface area contributed by atoms with Crippen LogP contribution in [0.2, 0.25) is 0 Å². The predicted molar refractivity (Wildman–Crippen MR) is 93.7 cm³/mol. The maximum absolute atomic E-state index is 12.6. The third kappa shape index (κ3) is 4.28. The largest absolute Gasteiger partial charge is 0.497 e. The molecule has 1 aromatic heterocycles. The van der Waals surface area contributed by atoms with E-state index in [1.807, 2.05) is 30.3 Å². The lowest BCUT2D eigenvalue weighted by Gasteiger charge is -2.32. The molecule has 0 radical (unpaired) electrons. The highest BCUT2D eigenvalue weighted by Crippen LogP contribution is 2.19. The third-order valence-electron chi connectivity index (χ3n) is 4.29. The second-order valence-electron chi connectivity index (χ2n) is 6.07. The van der Waals surface area contributed by atoms with E-state index in [1.165, 1.54) is 12.4 Å². The second-order valence-corrected chi connectivity index (χ2v) is 6.07. The fraction of sp³-hybridized carbons (Fsp3) is 0.368. The Labute approximate surface area is 152 Å². The van der Waals surface area contributed by atoms with E-state index in [4.69, 9.17) is 14.7 Å². The molecule has 0 N–H and O–H groups in total. The van der Waals surface area contributed by atoms with Crippen LogP contribution in [0.15, 0.2) is 36.7 Å². The van der Waals surface area contributed by atoms with E-state index >= 15 is 0 Å². The SMILES string of the molecule is COc1ccc(CC(=O)N2CCCC(Oc3nccnc3C#N)C2)cc1. The van der Waals surface area contributed by atoms with Crippen molar-refractivity contribution in [3.63, 3.8) is 0 Å². The van der Waals surface area contributed by atoms with Crippen LogP contribution in [-0.4, -0.2) is 47.1 Å². The molecule has 1 aliphatic rings. The Balaban J connectivity index is 1.60. The van der Waals surface area contributed by atoms with Crippen molar-refractivity contribution in [3.8, 4) is 17.7 Å². The van der Waals surface area contributed by atoms with Crippen molar-refractivity contribution in [2.24, 2.45) is 0 Å². The predicted octanol–water partition coefficient (Wildman–Crippen LogP) is 1.97. The summed E-state index contributed by atoms with van der Waals surface area (Å²) in [7, 11) is 1.61. The number of ether oxygens (including phenoxy) is 2. The zero-order valence-corrected chi connectivity index (χ0v) is 14.6. The van der Waals surface area contributed by atoms with Crippen molar-refractivity contribution in [1.29, 1.82) is 5.26 Å². The third-order valence-corrected chi connectivity index (χ3v) is 4.29. The van der Waals surface area contributed by atoms with E-state index in [0.29, 0.717) is 19.5 Å². The van der Waals surface area contributed by atoms with Crippen LogP contribution in [0, 0.1) is 11.3 Å². The van der Waals surface area contributed by atoms with Gasteiger partial charge in [0.2, 0.25) is 11.6 Å². The molecule has 1 aliphatic heterocycles. The lowest BCUT2D eigenvalue weighted by atomic mass is 10.1. The molecule has 26 heavy (non-hydrogen) atoms. The molecular formula is C19H20N4O3. The first-order valence-corrected chi connectivity index (χ1v) is 8.48. The fourth-order valence-corrected chi connectivity index (χ4v) is 2.94. The minimum atomic E-state index is -0.188. The number of piperidine rings is 1. The van der Waals surface area contributed by atoms with Gasteiger partial charge in [0.1, 0.15) is 17.9 Å². The number of benzene rings is 1. The summed E-state index contributed by atoms with van der Waals surface area (Å²) in [6.45, 7) is 1.19. The molecule has 134 valence electrons. The molecular weight excluding hydrogens is 332 g/mol. The Hall–Kier alpha value is -3.14. The van der Waals surface area contributed by atoms with Crippen LogP contribution >= 0.6 is 0 Å². The van der Waals surface area contributed by atoms with Crippen molar-refractivity contribution in [1.82, 2.24) is 14.9 Å². The minimum Gasteiger partial charge on any atom is -0.497 e. The number of carbonyl (C=O) groups excluding carboxylic acids is 1. The molecule has 1 amide bonds. The van der Waals surface area contributed by atoms with Crippen LogP contribution in [0.3, 0.4) is 0 Å². The zero-order chi connectivity index (χ0) is 18.4. The number of methoxy groups -OCH3 is 1. The monoisotopic (exact) mass is 352 g/mol. The smallest absolute Gasteiger partial charge is 0.251 e. The van der Waals surface area contributed by atoms with Gasteiger partial charge < -0.3 is 14.4 Å². The Bertz CT molecular complexity index is 801. The van der Waals surface area contributed by atoms with Crippen molar-refractivity contribution in [3.05, 3.63) is 47.9 Å². The molecule has 7 heteroatoms. The number of carbonyl (C=O) groups is 1. The van der Waals surface area contributed by atoms with Crippen molar-refractivity contribution in [2.45, 2.75) is 25.4 Å². The van der Waals surface area contributed by atoms with Gasteiger partial charge in [-0.3, -0.25) is 4.79 Å². The summed E-state index contributed by atoms with van der Waals surface area (Å²) < 4.78 is 11.0. The molecule has 0 saturated carbocycles. The summed E-state index contributed by atoms with van der Waals surface area (Å²) in [4.78, 5) is 22.4. The minimum absolute atomic E-state index is 0.0584. The van der Waals surface area contributed by atoms with Crippen molar-refractivity contribution in [2.75, 3.05) is 20.2 Å². The highest BCUT2D eigenvalue weighted by molar-refractivity contribution is 5.79. The highest BCUT2D eigenvalue weighted by Gasteiger charge is 2.26. The molecule has 1 unspecified atom stereocenters. The van der Waals surface area contributed by atoms with Gasteiger partial charge in [-0.15, -0.1) is 0 Å². The molecule has 0 bridgehead atoms. The van der Waals surface area contributed by atoms with Gasteiger partial charge in [0.15, 0.2) is 0 Å². The van der Waals surface area contributed by atoms with Crippen LogP contribution in [-0.2, 0) is 11.2 Å². The normalized spacial score (nSPS) is 16.6. The van der Waals surface area contributed by atoms with E-state index in [2.05, 4.69) is 9.97 Å². The summed E-state index contributed by atoms with van der Waals surface area (Å²) in [5.74, 6) is 1.05. The van der Waals surface area contributed by atoms with Crippen LogP contribution in [0.4, 0.5) is 0 Å². The quantitative estimate of drug-likeness (QED) is 0.817. The Morgan fingerprint density at radius 3 is 2.81 bits per heavy atom. The topological polar surface area (TPSA) is 88.3 Å². The Kier molecular flexibility index (Phi) is 5.64. The summed E-state index contributed by atoms with van der Waals surface area (Å²) in [5, 5.41) is 9.08. The summed E-state index contributed by atoms with van der Waals surface area (Å²) >= 11 is 0. The average Bonchev–Trinajstić information content (AvgIpc) is 2.69. The maximum atomic E-state index is 12.6. The number of nitrogens with zero attached hydrogens (tertiary/aromatic N) is 4. The summed E-state index contributed by atoms with van der Waals surface area (Å²) in [6, 6.07) is 9.46. The number of hydrogen-bond acceptors (Lipinski definition) is 6. The van der Waals surface area contributed by atoms with Crippen LogP contribution in [0.5, 0.6) is 11.6 Å². The first-order chi connectivity index (χ1) is 12.7. The first kappa shape index (κ1) is 17.7. The number of nitriles is 1. The molecule has 0 aliphatic carbocycles. The molecule has 7 nitrogen and oxygen atoms in total. The highest BCUT2D eigenvalue weighted by atomic mass is 16.5. The van der Waals surface area contributed by atoms with Crippen LogP contribution in [0.25, 0.3) is 0 Å². The number of aromatic nitrogens is 2. The molecule has 0 spiro atoms. The first-order valence-electron chi connectivity index (χ1n) is 8.48. The van der Waals surface area contributed by atoms with Gasteiger partial charge in [-0.2, -0.15) is 5.26 Å². The number of likely N-dealkylation sites (tertiary alicyclic amines) is 1. The number of rotatable bonds is 5.